The Morgan fingerprint density at radius 1 is 1.20 bits per heavy atom. The number of ether oxygens (including phenoxy) is 2. The van der Waals surface area contributed by atoms with Crippen LogP contribution < -0.4 is 4.74 Å². The molecule has 25 heavy (non-hydrogen) atoms. The lowest BCUT2D eigenvalue weighted by Gasteiger charge is -2.08. The molecule has 6 heteroatoms. The van der Waals surface area contributed by atoms with Gasteiger partial charge in [-0.3, -0.25) is 0 Å². The lowest BCUT2D eigenvalue weighted by molar-refractivity contribution is 0.0464. The second kappa shape index (κ2) is 7.36. The Kier molecular flexibility index (Phi) is 5.00. The summed E-state index contributed by atoms with van der Waals surface area (Å²) in [5.74, 6) is -0.625. The fourth-order valence-corrected chi connectivity index (χ4v) is 3.08. The number of phenolic OH excluding ortho intramolecular Hbond substituents is 1. The standard InChI is InChI=1S/C19H17NO4S/c1-12-6-8-13(9-7-12)18-20-14(11-25-18)10-24-19(22)15-4-3-5-16(23-2)17(15)21/h3-9,11,21H,10H2,1-2H3. The fraction of sp³-hybridized carbons (Fsp3) is 0.158. The number of nitrogens with zero attached hydrogens (tertiary/aromatic N) is 1. The molecule has 0 radical (unpaired) electrons. The highest BCUT2D eigenvalue weighted by Gasteiger charge is 2.16. The molecule has 0 unspecified atom stereocenters. The van der Waals surface area contributed by atoms with E-state index in [1.807, 2.05) is 36.6 Å². The highest BCUT2D eigenvalue weighted by Crippen LogP contribution is 2.30. The third kappa shape index (κ3) is 3.80. The van der Waals surface area contributed by atoms with Crippen LogP contribution in [-0.2, 0) is 11.3 Å². The minimum Gasteiger partial charge on any atom is -0.504 e. The first kappa shape index (κ1) is 17.0. The molecule has 0 saturated carbocycles. The number of methoxy groups -OCH3 is 1. The molecular formula is C19H17NO4S. The smallest absolute Gasteiger partial charge is 0.342 e. The Labute approximate surface area is 149 Å². The van der Waals surface area contributed by atoms with Gasteiger partial charge in [-0.1, -0.05) is 35.9 Å². The quantitative estimate of drug-likeness (QED) is 0.695. The normalized spacial score (nSPS) is 10.5. The van der Waals surface area contributed by atoms with Crippen LogP contribution in [-0.4, -0.2) is 23.2 Å². The molecule has 5 nitrogen and oxygen atoms in total. The maximum atomic E-state index is 12.2. The average molecular weight is 355 g/mol. The van der Waals surface area contributed by atoms with Gasteiger partial charge < -0.3 is 14.6 Å². The molecule has 0 atom stereocenters. The van der Waals surface area contributed by atoms with Gasteiger partial charge in [-0.25, -0.2) is 9.78 Å². The number of para-hydroxylation sites is 1. The molecule has 0 aliphatic carbocycles. The predicted molar refractivity (Wildman–Crippen MR) is 96.1 cm³/mol. The van der Waals surface area contributed by atoms with E-state index in [9.17, 15) is 9.90 Å². The largest absolute Gasteiger partial charge is 0.504 e. The van der Waals surface area contributed by atoms with Gasteiger partial charge in [0.1, 0.15) is 17.2 Å². The van der Waals surface area contributed by atoms with Crippen LogP contribution in [0.25, 0.3) is 10.6 Å². The van der Waals surface area contributed by atoms with Crippen LogP contribution in [0.15, 0.2) is 47.8 Å². The number of aromatic hydroxyl groups is 1. The van der Waals surface area contributed by atoms with Crippen molar-refractivity contribution >= 4 is 17.3 Å². The van der Waals surface area contributed by atoms with Crippen LogP contribution in [0.2, 0.25) is 0 Å². The molecule has 1 aromatic heterocycles. The van der Waals surface area contributed by atoms with E-state index in [1.54, 1.807) is 12.1 Å². The van der Waals surface area contributed by atoms with Gasteiger partial charge in [0.15, 0.2) is 11.5 Å². The summed E-state index contributed by atoms with van der Waals surface area (Å²) in [4.78, 5) is 16.6. The molecule has 0 aliphatic rings. The topological polar surface area (TPSA) is 68.7 Å². The summed E-state index contributed by atoms with van der Waals surface area (Å²) in [6, 6.07) is 12.8. The third-order valence-corrected chi connectivity index (χ3v) is 4.58. The summed E-state index contributed by atoms with van der Waals surface area (Å²) in [6.07, 6.45) is 0. The van der Waals surface area contributed by atoms with Crippen molar-refractivity contribution in [1.82, 2.24) is 4.98 Å². The summed E-state index contributed by atoms with van der Waals surface area (Å²) in [5, 5.41) is 12.7. The van der Waals surface area contributed by atoms with Crippen LogP contribution in [0.4, 0.5) is 0 Å². The number of carbonyl (C=O) groups is 1. The number of phenols is 1. The minimum absolute atomic E-state index is 0.0395. The van der Waals surface area contributed by atoms with Gasteiger partial charge in [0.2, 0.25) is 0 Å². The lowest BCUT2D eigenvalue weighted by Crippen LogP contribution is -2.06. The van der Waals surface area contributed by atoms with Gasteiger partial charge >= 0.3 is 5.97 Å². The van der Waals surface area contributed by atoms with E-state index in [0.29, 0.717) is 5.69 Å². The lowest BCUT2D eigenvalue weighted by atomic mass is 10.2. The summed E-state index contributed by atoms with van der Waals surface area (Å²) < 4.78 is 10.2. The van der Waals surface area contributed by atoms with Crippen LogP contribution in [0, 0.1) is 6.92 Å². The molecule has 0 amide bonds. The zero-order valence-corrected chi connectivity index (χ0v) is 14.7. The van der Waals surface area contributed by atoms with Gasteiger partial charge in [-0.2, -0.15) is 0 Å². The second-order valence-electron chi connectivity index (χ2n) is 5.44. The third-order valence-electron chi connectivity index (χ3n) is 3.64. The Balaban J connectivity index is 1.68. The first-order valence-electron chi connectivity index (χ1n) is 7.63. The summed E-state index contributed by atoms with van der Waals surface area (Å²) in [5.41, 5.74) is 2.94. The fourth-order valence-electron chi connectivity index (χ4n) is 2.27. The number of aryl methyl sites for hydroxylation is 1. The molecule has 0 saturated heterocycles. The Morgan fingerprint density at radius 3 is 2.68 bits per heavy atom. The van der Waals surface area contributed by atoms with E-state index >= 15 is 0 Å². The molecule has 0 spiro atoms. The summed E-state index contributed by atoms with van der Waals surface area (Å²) >= 11 is 1.49. The molecule has 1 N–H and O–H groups in total. The molecule has 0 aliphatic heterocycles. The molecule has 0 bridgehead atoms. The number of thiazole rings is 1. The van der Waals surface area contributed by atoms with Crippen molar-refractivity contribution in [2.24, 2.45) is 0 Å². The van der Waals surface area contributed by atoms with Crippen LogP contribution >= 0.6 is 11.3 Å². The van der Waals surface area contributed by atoms with Gasteiger partial charge in [-0.05, 0) is 19.1 Å². The monoisotopic (exact) mass is 355 g/mol. The van der Waals surface area contributed by atoms with E-state index in [1.165, 1.54) is 30.1 Å². The van der Waals surface area contributed by atoms with Crippen molar-refractivity contribution in [1.29, 1.82) is 0 Å². The molecular weight excluding hydrogens is 338 g/mol. The number of rotatable bonds is 5. The van der Waals surface area contributed by atoms with Gasteiger partial charge in [-0.15, -0.1) is 11.3 Å². The maximum absolute atomic E-state index is 12.2. The van der Waals surface area contributed by atoms with Gasteiger partial charge in [0.05, 0.1) is 12.8 Å². The first-order valence-corrected chi connectivity index (χ1v) is 8.51. The number of benzene rings is 2. The average Bonchev–Trinajstić information content (AvgIpc) is 3.09. The van der Waals surface area contributed by atoms with Gasteiger partial charge in [0.25, 0.3) is 0 Å². The zero-order chi connectivity index (χ0) is 17.8. The van der Waals surface area contributed by atoms with Crippen molar-refractivity contribution in [2.75, 3.05) is 7.11 Å². The summed E-state index contributed by atoms with van der Waals surface area (Å²) in [6.45, 7) is 2.07. The highest BCUT2D eigenvalue weighted by molar-refractivity contribution is 7.13. The van der Waals surface area contributed by atoms with E-state index in [-0.39, 0.29) is 23.7 Å². The predicted octanol–water partition coefficient (Wildman–Crippen LogP) is 4.19. The molecule has 128 valence electrons. The Morgan fingerprint density at radius 2 is 1.96 bits per heavy atom. The number of aromatic nitrogens is 1. The van der Waals surface area contributed by atoms with Crippen LogP contribution in [0.3, 0.4) is 0 Å². The molecule has 0 fully saturated rings. The van der Waals surface area contributed by atoms with E-state index < -0.39 is 5.97 Å². The van der Waals surface area contributed by atoms with E-state index in [2.05, 4.69) is 4.98 Å². The number of hydrogen-bond donors (Lipinski definition) is 1. The first-order chi connectivity index (χ1) is 12.1. The van der Waals surface area contributed by atoms with Crippen LogP contribution in [0.1, 0.15) is 21.6 Å². The SMILES string of the molecule is COc1cccc(C(=O)OCc2csc(-c3ccc(C)cc3)n2)c1O. The maximum Gasteiger partial charge on any atom is 0.342 e. The second-order valence-corrected chi connectivity index (χ2v) is 6.30. The zero-order valence-electron chi connectivity index (χ0n) is 13.9. The number of esters is 1. The Bertz CT molecular complexity index is 887. The van der Waals surface area contributed by atoms with E-state index in [4.69, 9.17) is 9.47 Å². The number of hydrogen-bond acceptors (Lipinski definition) is 6. The van der Waals surface area contributed by atoms with Crippen LogP contribution in [0.5, 0.6) is 11.5 Å². The Hall–Kier alpha value is -2.86. The van der Waals surface area contributed by atoms with Crippen molar-refractivity contribution in [3.05, 3.63) is 64.7 Å². The minimum atomic E-state index is -0.624. The molecule has 3 rings (SSSR count). The van der Waals surface area contributed by atoms with Crippen molar-refractivity contribution in [2.45, 2.75) is 13.5 Å². The number of carbonyl (C=O) groups excluding carboxylic acids is 1. The highest BCUT2D eigenvalue weighted by atomic mass is 32.1. The molecule has 3 aromatic rings. The molecule has 1 heterocycles. The summed E-state index contributed by atoms with van der Waals surface area (Å²) in [7, 11) is 1.42. The molecule has 2 aromatic carbocycles. The van der Waals surface area contributed by atoms with Gasteiger partial charge in [0, 0.05) is 10.9 Å². The van der Waals surface area contributed by atoms with Crippen molar-refractivity contribution in [3.63, 3.8) is 0 Å². The van der Waals surface area contributed by atoms with E-state index in [0.717, 1.165) is 10.6 Å². The van der Waals surface area contributed by atoms with Crippen molar-refractivity contribution in [3.8, 4) is 22.1 Å². The van der Waals surface area contributed by atoms with Crippen molar-refractivity contribution < 1.29 is 19.4 Å².